The summed E-state index contributed by atoms with van der Waals surface area (Å²) in [5.41, 5.74) is 4.89. The van der Waals surface area contributed by atoms with Crippen LogP contribution in [0.2, 0.25) is 0 Å². The number of benzene rings is 3. The zero-order chi connectivity index (χ0) is 26.6. The Balaban J connectivity index is 1.08. The number of fused-ring (bicyclic) bond motifs is 1. The molecule has 0 unspecified atom stereocenters. The van der Waals surface area contributed by atoms with Gasteiger partial charge in [-0.3, -0.25) is 0 Å². The number of halogens is 2. The average molecular weight is 529 g/mol. The molecule has 5 aromatic rings. The van der Waals surface area contributed by atoms with E-state index in [0.29, 0.717) is 30.9 Å². The van der Waals surface area contributed by atoms with Gasteiger partial charge in [0, 0.05) is 18.1 Å². The van der Waals surface area contributed by atoms with Gasteiger partial charge in [0.15, 0.2) is 36.9 Å². The predicted molar refractivity (Wildman–Crippen MR) is 143 cm³/mol. The molecule has 1 fully saturated rings. The first-order valence-electron chi connectivity index (χ1n) is 13.0. The lowest BCUT2D eigenvalue weighted by Crippen LogP contribution is -2.33. The van der Waals surface area contributed by atoms with Crippen LogP contribution in [0.4, 0.5) is 8.78 Å². The van der Waals surface area contributed by atoms with Crippen molar-refractivity contribution >= 4 is 11.0 Å². The van der Waals surface area contributed by atoms with Crippen LogP contribution in [-0.4, -0.2) is 36.1 Å². The van der Waals surface area contributed by atoms with Gasteiger partial charge in [-0.2, -0.15) is 4.57 Å². The van der Waals surface area contributed by atoms with Crippen molar-refractivity contribution in [3.8, 4) is 28.3 Å². The lowest BCUT2D eigenvalue weighted by Gasteiger charge is -2.23. The molecule has 1 aliphatic heterocycles. The number of aromatic amines is 1. The number of ether oxygens (including phenoxy) is 3. The number of aromatic nitrogens is 3. The van der Waals surface area contributed by atoms with Gasteiger partial charge >= 0.3 is 0 Å². The van der Waals surface area contributed by atoms with Gasteiger partial charge in [0.2, 0.25) is 0 Å². The second kappa shape index (κ2) is 11.3. The Morgan fingerprint density at radius 3 is 2.44 bits per heavy atom. The molecular formula is C31H28F2N3O3+. The molecule has 1 saturated heterocycles. The molecule has 1 N–H and O–H groups in total. The van der Waals surface area contributed by atoms with E-state index in [4.69, 9.17) is 14.2 Å². The topological polar surface area (TPSA) is 60.3 Å². The van der Waals surface area contributed by atoms with E-state index >= 15 is 0 Å². The molecule has 6 nitrogen and oxygen atoms in total. The van der Waals surface area contributed by atoms with Crippen LogP contribution in [0.5, 0.6) is 5.75 Å². The Bertz CT molecular complexity index is 1560. The third-order valence-electron chi connectivity index (χ3n) is 6.71. The van der Waals surface area contributed by atoms with E-state index in [9.17, 15) is 8.78 Å². The number of rotatable bonds is 8. The summed E-state index contributed by atoms with van der Waals surface area (Å²) in [6, 6.07) is 22.4. The molecule has 0 atom stereocenters. The molecule has 198 valence electrons. The highest BCUT2D eigenvalue weighted by atomic mass is 19.2. The Labute approximate surface area is 224 Å². The summed E-state index contributed by atoms with van der Waals surface area (Å²) in [7, 11) is 0. The Morgan fingerprint density at radius 1 is 0.923 bits per heavy atom. The number of pyridine rings is 1. The summed E-state index contributed by atoms with van der Waals surface area (Å²) in [6.45, 7) is 2.69. The fraction of sp³-hybridized carbons (Fsp3) is 0.226. The SMILES string of the molecule is Fc1cccc(-c2nc3cc[n+](Cc4ccc(-c5ccc(OCCC6OCCCO6)cc5)cc4)cc3[nH]2)c1F. The maximum absolute atomic E-state index is 14.2. The minimum atomic E-state index is -0.911. The van der Waals surface area contributed by atoms with Gasteiger partial charge in [-0.15, -0.1) is 0 Å². The average Bonchev–Trinajstić information content (AvgIpc) is 3.39. The van der Waals surface area contributed by atoms with Gasteiger partial charge < -0.3 is 19.2 Å². The highest BCUT2D eigenvalue weighted by Crippen LogP contribution is 2.25. The van der Waals surface area contributed by atoms with Crippen LogP contribution in [0.15, 0.2) is 85.2 Å². The molecule has 39 heavy (non-hydrogen) atoms. The molecule has 0 aliphatic carbocycles. The number of H-pyrrole nitrogens is 1. The smallest absolute Gasteiger partial charge is 0.195 e. The number of hydrogen-bond acceptors (Lipinski definition) is 4. The fourth-order valence-electron chi connectivity index (χ4n) is 4.65. The van der Waals surface area contributed by atoms with E-state index in [2.05, 4.69) is 46.4 Å². The quantitative estimate of drug-likeness (QED) is 0.250. The molecule has 3 heterocycles. The maximum Gasteiger partial charge on any atom is 0.195 e. The van der Waals surface area contributed by atoms with Crippen LogP contribution in [0.3, 0.4) is 0 Å². The van der Waals surface area contributed by atoms with Gasteiger partial charge in [0.25, 0.3) is 0 Å². The van der Waals surface area contributed by atoms with Crippen LogP contribution in [-0.2, 0) is 16.0 Å². The van der Waals surface area contributed by atoms with Crippen LogP contribution in [0.25, 0.3) is 33.5 Å². The van der Waals surface area contributed by atoms with Crippen molar-refractivity contribution < 1.29 is 27.6 Å². The van der Waals surface area contributed by atoms with E-state index in [1.807, 2.05) is 35.2 Å². The lowest BCUT2D eigenvalue weighted by molar-refractivity contribution is -0.687. The van der Waals surface area contributed by atoms with Gasteiger partial charge in [-0.25, -0.2) is 13.8 Å². The molecule has 8 heteroatoms. The van der Waals surface area contributed by atoms with Crippen molar-refractivity contribution in [2.45, 2.75) is 25.7 Å². The monoisotopic (exact) mass is 528 g/mol. The standard InChI is InChI=1S/C31H27F2N3O3/c32-26-4-1-3-25(30(26)33)31-34-27-13-15-36(20-28(27)35-31)19-21-5-7-22(8-6-21)23-9-11-24(12-10-23)37-18-14-29-38-16-2-17-39-29/h1,3-13,15,20,29H,2,14,16-19H2/p+1. The third-order valence-corrected chi connectivity index (χ3v) is 6.71. The van der Waals surface area contributed by atoms with Crippen LogP contribution >= 0.6 is 0 Å². The van der Waals surface area contributed by atoms with E-state index in [1.54, 1.807) is 0 Å². The largest absolute Gasteiger partial charge is 0.493 e. The molecule has 0 radical (unpaired) electrons. The second-order valence-corrected chi connectivity index (χ2v) is 9.49. The Kier molecular flexibility index (Phi) is 7.29. The summed E-state index contributed by atoms with van der Waals surface area (Å²) >= 11 is 0. The first-order chi connectivity index (χ1) is 19.1. The minimum absolute atomic E-state index is 0.108. The molecule has 1 aliphatic rings. The highest BCUT2D eigenvalue weighted by Gasteiger charge is 2.16. The molecule has 0 saturated carbocycles. The molecular weight excluding hydrogens is 500 g/mol. The second-order valence-electron chi connectivity index (χ2n) is 9.49. The summed E-state index contributed by atoms with van der Waals surface area (Å²) in [6.07, 6.45) is 5.33. The first kappa shape index (κ1) is 25.2. The molecule has 2 aromatic heterocycles. The normalized spacial score (nSPS) is 14.1. The Hall–Kier alpha value is -4.14. The molecule has 0 spiro atoms. The van der Waals surface area contributed by atoms with Gasteiger partial charge in [0.1, 0.15) is 22.6 Å². The predicted octanol–water partition coefficient (Wildman–Crippen LogP) is 6.04. The van der Waals surface area contributed by atoms with Gasteiger partial charge in [0.05, 0.1) is 25.4 Å². The van der Waals surface area contributed by atoms with E-state index in [-0.39, 0.29) is 11.9 Å². The fourth-order valence-corrected chi connectivity index (χ4v) is 4.65. The van der Waals surface area contributed by atoms with Crippen LogP contribution in [0.1, 0.15) is 18.4 Å². The van der Waals surface area contributed by atoms with Gasteiger partial charge in [-0.05, 0) is 41.8 Å². The van der Waals surface area contributed by atoms with Crippen molar-refractivity contribution in [3.05, 3.63) is 102 Å². The van der Waals surface area contributed by atoms with Crippen LogP contribution < -0.4 is 9.30 Å². The zero-order valence-electron chi connectivity index (χ0n) is 21.3. The number of imidazole rings is 1. The minimum Gasteiger partial charge on any atom is -0.493 e. The molecule has 6 rings (SSSR count). The third kappa shape index (κ3) is 5.82. The van der Waals surface area contributed by atoms with Gasteiger partial charge in [-0.1, -0.05) is 42.5 Å². The summed E-state index contributed by atoms with van der Waals surface area (Å²) in [5.74, 6) is -0.689. The molecule has 0 amide bonds. The summed E-state index contributed by atoms with van der Waals surface area (Å²) in [5, 5.41) is 0. The number of hydrogen-bond donors (Lipinski definition) is 1. The van der Waals surface area contributed by atoms with Crippen LogP contribution in [0, 0.1) is 11.6 Å². The summed E-state index contributed by atoms with van der Waals surface area (Å²) < 4.78 is 46.8. The van der Waals surface area contributed by atoms with Crippen molar-refractivity contribution in [2.24, 2.45) is 0 Å². The first-order valence-corrected chi connectivity index (χ1v) is 13.0. The number of nitrogens with zero attached hydrogens (tertiary/aromatic N) is 2. The van der Waals surface area contributed by atoms with Crippen molar-refractivity contribution in [2.75, 3.05) is 19.8 Å². The van der Waals surface area contributed by atoms with E-state index in [0.717, 1.165) is 53.7 Å². The molecule has 0 bridgehead atoms. The highest BCUT2D eigenvalue weighted by molar-refractivity contribution is 5.77. The van der Waals surface area contributed by atoms with E-state index < -0.39 is 11.6 Å². The molecule has 3 aromatic carbocycles. The number of nitrogens with one attached hydrogen (secondary N) is 1. The zero-order valence-corrected chi connectivity index (χ0v) is 21.3. The maximum atomic E-state index is 14.2. The van der Waals surface area contributed by atoms with E-state index in [1.165, 1.54) is 12.1 Å². The lowest BCUT2D eigenvalue weighted by atomic mass is 10.0. The van der Waals surface area contributed by atoms with Crippen molar-refractivity contribution in [1.82, 2.24) is 9.97 Å². The van der Waals surface area contributed by atoms with Crippen molar-refractivity contribution in [1.29, 1.82) is 0 Å². The Morgan fingerprint density at radius 2 is 1.67 bits per heavy atom. The summed E-state index contributed by atoms with van der Waals surface area (Å²) in [4.78, 5) is 7.54. The van der Waals surface area contributed by atoms with Crippen molar-refractivity contribution in [3.63, 3.8) is 0 Å².